The fourth-order valence-electron chi connectivity index (χ4n) is 1.68. The Balaban J connectivity index is 2.23. The second kappa shape index (κ2) is 5.83. The van der Waals surface area contributed by atoms with Gasteiger partial charge in [0.1, 0.15) is 5.69 Å². The molecule has 0 aromatic heterocycles. The summed E-state index contributed by atoms with van der Waals surface area (Å²) in [4.78, 5) is 10.3. The summed E-state index contributed by atoms with van der Waals surface area (Å²) in [6, 6.07) is 7.84. The number of hydrogen-bond acceptors (Lipinski definition) is 3. The lowest BCUT2D eigenvalue weighted by atomic mass is 10.2. The summed E-state index contributed by atoms with van der Waals surface area (Å²) in [5.74, 6) is -1.94. The molecule has 0 spiro atoms. The third-order valence-corrected chi connectivity index (χ3v) is 2.89. The van der Waals surface area contributed by atoms with E-state index >= 15 is 0 Å². The van der Waals surface area contributed by atoms with Crippen LogP contribution in [-0.4, -0.2) is 4.92 Å². The van der Waals surface area contributed by atoms with Crippen molar-refractivity contribution in [3.8, 4) is 0 Å². The average molecular weight is 299 g/mol. The van der Waals surface area contributed by atoms with E-state index in [9.17, 15) is 18.9 Å². The van der Waals surface area contributed by atoms with Crippen molar-refractivity contribution in [3.05, 3.63) is 68.7 Å². The summed E-state index contributed by atoms with van der Waals surface area (Å²) in [6.07, 6.45) is 0. The Hall–Kier alpha value is -2.21. The Morgan fingerprint density at radius 3 is 2.70 bits per heavy atom. The molecular weight excluding hydrogens is 290 g/mol. The van der Waals surface area contributed by atoms with Crippen molar-refractivity contribution < 1.29 is 13.7 Å². The van der Waals surface area contributed by atoms with Gasteiger partial charge in [-0.1, -0.05) is 23.7 Å². The largest absolute Gasteiger partial charge is 0.375 e. The summed E-state index contributed by atoms with van der Waals surface area (Å²) in [5.41, 5.74) is 0.0339. The zero-order valence-corrected chi connectivity index (χ0v) is 10.8. The van der Waals surface area contributed by atoms with Gasteiger partial charge in [0.25, 0.3) is 5.69 Å². The van der Waals surface area contributed by atoms with E-state index in [1.807, 2.05) is 0 Å². The Morgan fingerprint density at radius 1 is 1.25 bits per heavy atom. The van der Waals surface area contributed by atoms with E-state index in [-0.39, 0.29) is 28.5 Å². The maximum atomic E-state index is 13.5. The zero-order chi connectivity index (χ0) is 14.7. The molecular formula is C13H9ClF2N2O2. The molecule has 2 rings (SSSR count). The van der Waals surface area contributed by atoms with Crippen molar-refractivity contribution in [1.82, 2.24) is 0 Å². The second-order valence-corrected chi connectivity index (χ2v) is 4.42. The highest BCUT2D eigenvalue weighted by molar-refractivity contribution is 6.30. The molecule has 0 atom stereocenters. The fraction of sp³-hybridized carbons (Fsp3) is 0.0769. The molecule has 20 heavy (non-hydrogen) atoms. The molecule has 1 N–H and O–H groups in total. The first-order valence-electron chi connectivity index (χ1n) is 5.59. The topological polar surface area (TPSA) is 55.2 Å². The highest BCUT2D eigenvalue weighted by Gasteiger charge is 2.15. The predicted molar refractivity (Wildman–Crippen MR) is 71.8 cm³/mol. The minimum Gasteiger partial charge on any atom is -0.375 e. The summed E-state index contributed by atoms with van der Waals surface area (Å²) < 4.78 is 26.5. The van der Waals surface area contributed by atoms with Gasteiger partial charge in [0.15, 0.2) is 11.6 Å². The first-order valence-corrected chi connectivity index (χ1v) is 5.97. The fourth-order valence-corrected chi connectivity index (χ4v) is 1.85. The van der Waals surface area contributed by atoms with Gasteiger partial charge in [0.2, 0.25) is 0 Å². The maximum Gasteiger partial charge on any atom is 0.293 e. The molecule has 104 valence electrons. The number of nitro groups is 1. The maximum absolute atomic E-state index is 13.5. The molecule has 0 saturated carbocycles. The van der Waals surface area contributed by atoms with E-state index in [1.165, 1.54) is 30.3 Å². The molecule has 0 fully saturated rings. The van der Waals surface area contributed by atoms with E-state index in [0.717, 1.165) is 6.07 Å². The van der Waals surface area contributed by atoms with Crippen LogP contribution in [0, 0.1) is 21.7 Å². The second-order valence-electron chi connectivity index (χ2n) is 3.99. The summed E-state index contributed by atoms with van der Waals surface area (Å²) in [7, 11) is 0. The van der Waals surface area contributed by atoms with Crippen LogP contribution in [0.15, 0.2) is 36.4 Å². The molecule has 0 aliphatic carbocycles. The van der Waals surface area contributed by atoms with E-state index in [0.29, 0.717) is 0 Å². The molecule has 0 heterocycles. The monoisotopic (exact) mass is 298 g/mol. The van der Waals surface area contributed by atoms with E-state index < -0.39 is 16.6 Å². The Kier molecular flexibility index (Phi) is 4.14. The molecule has 0 amide bonds. The van der Waals surface area contributed by atoms with Gasteiger partial charge in [0, 0.05) is 23.2 Å². The average Bonchev–Trinajstić information content (AvgIpc) is 2.41. The molecule has 0 unspecified atom stereocenters. The highest BCUT2D eigenvalue weighted by atomic mass is 35.5. The van der Waals surface area contributed by atoms with Crippen LogP contribution in [0.25, 0.3) is 0 Å². The van der Waals surface area contributed by atoms with Crippen LogP contribution in [0.2, 0.25) is 5.02 Å². The molecule has 0 bridgehead atoms. The van der Waals surface area contributed by atoms with Gasteiger partial charge in [-0.15, -0.1) is 0 Å². The normalized spacial score (nSPS) is 10.3. The van der Waals surface area contributed by atoms with Gasteiger partial charge in [-0.3, -0.25) is 10.1 Å². The number of rotatable bonds is 4. The van der Waals surface area contributed by atoms with Crippen LogP contribution < -0.4 is 5.32 Å². The molecule has 2 aromatic carbocycles. The lowest BCUT2D eigenvalue weighted by Gasteiger charge is -2.08. The van der Waals surface area contributed by atoms with Crippen LogP contribution in [0.4, 0.5) is 20.2 Å². The smallest absolute Gasteiger partial charge is 0.293 e. The lowest BCUT2D eigenvalue weighted by molar-refractivity contribution is -0.383. The van der Waals surface area contributed by atoms with Crippen LogP contribution >= 0.6 is 11.6 Å². The number of hydrogen-bond donors (Lipinski definition) is 1. The number of nitrogens with one attached hydrogen (secondary N) is 1. The minimum atomic E-state index is -0.975. The van der Waals surface area contributed by atoms with Gasteiger partial charge in [-0.25, -0.2) is 8.78 Å². The van der Waals surface area contributed by atoms with Crippen molar-refractivity contribution in [1.29, 1.82) is 0 Å². The third-order valence-electron chi connectivity index (χ3n) is 2.66. The Morgan fingerprint density at radius 2 is 2.00 bits per heavy atom. The number of anilines is 1. The lowest BCUT2D eigenvalue weighted by Crippen LogP contribution is -2.05. The van der Waals surface area contributed by atoms with Crippen LogP contribution in [0.3, 0.4) is 0 Å². The first kappa shape index (κ1) is 14.2. The number of benzene rings is 2. The quantitative estimate of drug-likeness (QED) is 0.682. The number of halogens is 3. The molecule has 0 saturated heterocycles. The van der Waals surface area contributed by atoms with Crippen molar-refractivity contribution in [2.75, 3.05) is 5.32 Å². The van der Waals surface area contributed by atoms with Crippen LogP contribution in [0.1, 0.15) is 5.56 Å². The Bertz CT molecular complexity index is 665. The van der Waals surface area contributed by atoms with Gasteiger partial charge >= 0.3 is 0 Å². The van der Waals surface area contributed by atoms with Gasteiger partial charge < -0.3 is 5.32 Å². The van der Waals surface area contributed by atoms with Gasteiger partial charge in [-0.2, -0.15) is 0 Å². The van der Waals surface area contributed by atoms with Gasteiger partial charge in [-0.05, 0) is 18.2 Å². The predicted octanol–water partition coefficient (Wildman–Crippen LogP) is 4.14. The summed E-state index contributed by atoms with van der Waals surface area (Å²) in [6.45, 7) is -0.0773. The molecule has 0 aliphatic rings. The summed E-state index contributed by atoms with van der Waals surface area (Å²) >= 11 is 5.68. The number of nitro benzene ring substituents is 1. The molecule has 7 heteroatoms. The van der Waals surface area contributed by atoms with Crippen molar-refractivity contribution >= 4 is 23.0 Å². The molecule has 2 aromatic rings. The van der Waals surface area contributed by atoms with Crippen LogP contribution in [-0.2, 0) is 6.54 Å². The first-order chi connectivity index (χ1) is 9.49. The molecule has 0 radical (unpaired) electrons. The number of nitrogens with zero attached hydrogens (tertiary/aromatic N) is 1. The minimum absolute atomic E-state index is 0.0773. The van der Waals surface area contributed by atoms with Gasteiger partial charge in [0.05, 0.1) is 4.92 Å². The third kappa shape index (κ3) is 3.03. The van der Waals surface area contributed by atoms with E-state index in [4.69, 9.17) is 11.6 Å². The highest BCUT2D eigenvalue weighted by Crippen LogP contribution is 2.28. The van der Waals surface area contributed by atoms with Crippen molar-refractivity contribution in [2.24, 2.45) is 0 Å². The van der Waals surface area contributed by atoms with Crippen LogP contribution in [0.5, 0.6) is 0 Å². The summed E-state index contributed by atoms with van der Waals surface area (Å²) in [5, 5.41) is 13.8. The van der Waals surface area contributed by atoms with E-state index in [1.54, 1.807) is 0 Å². The standard InChI is InChI=1S/C13H9ClF2N2O2/c14-9-4-5-11(12(6-9)18(19)20)17-7-8-2-1-3-10(15)13(8)16/h1-6,17H,7H2. The van der Waals surface area contributed by atoms with Crippen molar-refractivity contribution in [3.63, 3.8) is 0 Å². The SMILES string of the molecule is O=[N+]([O-])c1cc(Cl)ccc1NCc1cccc(F)c1F. The molecule has 0 aliphatic heterocycles. The zero-order valence-electron chi connectivity index (χ0n) is 10.1. The van der Waals surface area contributed by atoms with Crippen molar-refractivity contribution in [2.45, 2.75) is 6.54 Å². The van der Waals surface area contributed by atoms with E-state index in [2.05, 4.69) is 5.32 Å². The Labute approximate surface area is 118 Å². The molecule has 4 nitrogen and oxygen atoms in total.